The van der Waals surface area contributed by atoms with Crippen LogP contribution in [0.15, 0.2) is 46.4 Å². The lowest BCUT2D eigenvalue weighted by atomic mass is 9.99. The molecule has 0 fully saturated rings. The van der Waals surface area contributed by atoms with Crippen LogP contribution in [0.2, 0.25) is 5.02 Å². The number of nitrogens with zero attached hydrogens (tertiary/aromatic N) is 3. The molecule has 0 aliphatic carbocycles. The lowest BCUT2D eigenvalue weighted by molar-refractivity contribution is -0.131. The molecule has 0 saturated heterocycles. The van der Waals surface area contributed by atoms with E-state index in [1.54, 1.807) is 0 Å². The zero-order valence-corrected chi connectivity index (χ0v) is 17.7. The number of aliphatic imine (C=N–C) groups is 2. The maximum absolute atomic E-state index is 12.7. The van der Waals surface area contributed by atoms with Crippen LogP contribution in [0.25, 0.3) is 11.1 Å². The topological polar surface area (TPSA) is 45.0 Å². The number of aryl methyl sites for hydroxylation is 1. The molecule has 1 unspecified atom stereocenters. The Labute approximate surface area is 177 Å². The number of carbonyl (C=O) groups excluding carboxylic acids is 1. The fourth-order valence-corrected chi connectivity index (χ4v) is 4.18. The van der Waals surface area contributed by atoms with Gasteiger partial charge in [-0.05, 0) is 72.7 Å². The van der Waals surface area contributed by atoms with Gasteiger partial charge in [-0.25, -0.2) is 4.99 Å². The van der Waals surface area contributed by atoms with E-state index in [0.717, 1.165) is 41.2 Å². The van der Waals surface area contributed by atoms with Crippen molar-refractivity contribution in [3.8, 4) is 11.1 Å². The summed E-state index contributed by atoms with van der Waals surface area (Å²) < 4.78 is 0. The lowest BCUT2D eigenvalue weighted by Gasteiger charge is -2.17. The second kappa shape index (κ2) is 8.50. The Morgan fingerprint density at radius 2 is 1.86 bits per heavy atom. The smallest absolute Gasteiger partial charge is 0.223 e. The summed E-state index contributed by atoms with van der Waals surface area (Å²) in [5.41, 5.74) is 5.89. The molecule has 0 spiro atoms. The molecule has 2 heterocycles. The predicted molar refractivity (Wildman–Crippen MR) is 120 cm³/mol. The molecule has 0 saturated carbocycles. The summed E-state index contributed by atoms with van der Waals surface area (Å²) in [5, 5.41) is 0.785. The van der Waals surface area contributed by atoms with Crippen molar-refractivity contribution in [3.63, 3.8) is 0 Å². The number of benzene rings is 2. The molecule has 2 aliphatic rings. The lowest BCUT2D eigenvalue weighted by Crippen LogP contribution is -2.25. The predicted octanol–water partition coefficient (Wildman–Crippen LogP) is 5.59. The summed E-state index contributed by atoms with van der Waals surface area (Å²) in [6, 6.07) is 12.9. The number of hydrogen-bond acceptors (Lipinski definition) is 3. The van der Waals surface area contributed by atoms with Crippen LogP contribution < -0.4 is 0 Å². The molecule has 5 heteroatoms. The first-order valence-corrected chi connectivity index (χ1v) is 10.6. The summed E-state index contributed by atoms with van der Waals surface area (Å²) in [4.78, 5) is 23.4. The summed E-state index contributed by atoms with van der Waals surface area (Å²) in [5.74, 6) is 1.07. The molecule has 2 aromatic carbocycles. The van der Waals surface area contributed by atoms with Crippen LogP contribution in [0.3, 0.4) is 0 Å². The van der Waals surface area contributed by atoms with Crippen molar-refractivity contribution in [2.24, 2.45) is 9.98 Å². The van der Waals surface area contributed by atoms with Gasteiger partial charge in [0.25, 0.3) is 0 Å². The van der Waals surface area contributed by atoms with E-state index in [0.29, 0.717) is 19.5 Å². The van der Waals surface area contributed by atoms with E-state index in [-0.39, 0.29) is 11.9 Å². The minimum Gasteiger partial charge on any atom is -0.334 e. The molecule has 0 aromatic heterocycles. The van der Waals surface area contributed by atoms with Crippen molar-refractivity contribution in [1.29, 1.82) is 0 Å². The van der Waals surface area contributed by atoms with E-state index < -0.39 is 0 Å². The molecule has 4 rings (SSSR count). The molecule has 1 amide bonds. The van der Waals surface area contributed by atoms with Crippen molar-refractivity contribution in [3.05, 3.63) is 58.1 Å². The number of halogens is 1. The van der Waals surface area contributed by atoms with Gasteiger partial charge in [-0.15, -0.1) is 0 Å². The Kier molecular flexibility index (Phi) is 5.81. The summed E-state index contributed by atoms with van der Waals surface area (Å²) in [6.07, 6.45) is 5.21. The Hall–Kier alpha value is -2.46. The maximum atomic E-state index is 12.7. The van der Waals surface area contributed by atoms with Gasteiger partial charge in [-0.1, -0.05) is 29.8 Å². The number of carbonyl (C=O) groups is 1. The molecule has 0 radical (unpaired) electrons. The normalized spacial score (nSPS) is 18.0. The van der Waals surface area contributed by atoms with E-state index in [4.69, 9.17) is 11.6 Å². The highest BCUT2D eigenvalue weighted by molar-refractivity contribution is 6.31. The summed E-state index contributed by atoms with van der Waals surface area (Å²) >= 11 is 6.16. The fourth-order valence-electron chi connectivity index (χ4n) is 4.06. The standard InChI is InChI=1S/C24H26ClN3O/c1-16-12-18(8-9-23(16)25)19-6-7-20-14-28(15-21(20)13-19)24(29)5-3-4-22-10-11-26-17(2)27-22/h6-9,11-13,22H,3-5,10,14-15H2,1-2H3. The van der Waals surface area contributed by atoms with Crippen molar-refractivity contribution in [2.45, 2.75) is 58.7 Å². The van der Waals surface area contributed by atoms with Gasteiger partial charge in [-0.2, -0.15) is 0 Å². The Morgan fingerprint density at radius 1 is 1.10 bits per heavy atom. The Bertz CT molecular complexity index is 996. The fraction of sp³-hybridized carbons (Fsp3) is 0.375. The number of amides is 1. The molecule has 0 bridgehead atoms. The first-order valence-electron chi connectivity index (χ1n) is 10.2. The van der Waals surface area contributed by atoms with E-state index in [1.165, 1.54) is 16.7 Å². The van der Waals surface area contributed by atoms with E-state index in [1.807, 2.05) is 31.0 Å². The van der Waals surface area contributed by atoms with Crippen molar-refractivity contribution in [1.82, 2.24) is 4.90 Å². The van der Waals surface area contributed by atoms with E-state index >= 15 is 0 Å². The summed E-state index contributed by atoms with van der Waals surface area (Å²) in [7, 11) is 0. The highest BCUT2D eigenvalue weighted by Crippen LogP contribution is 2.30. The van der Waals surface area contributed by atoms with Crippen LogP contribution >= 0.6 is 11.6 Å². The highest BCUT2D eigenvalue weighted by atomic mass is 35.5. The number of rotatable bonds is 5. The number of hydrogen-bond donors (Lipinski definition) is 0. The van der Waals surface area contributed by atoms with Gasteiger partial charge in [0.05, 0.1) is 6.04 Å². The van der Waals surface area contributed by atoms with Gasteiger partial charge in [0.1, 0.15) is 5.84 Å². The average Bonchev–Trinajstić information content (AvgIpc) is 3.13. The van der Waals surface area contributed by atoms with Crippen LogP contribution in [0.1, 0.15) is 49.3 Å². The van der Waals surface area contributed by atoms with Crippen LogP contribution in [0.5, 0.6) is 0 Å². The van der Waals surface area contributed by atoms with Crippen LogP contribution in [0.4, 0.5) is 0 Å². The number of amidine groups is 1. The molecule has 29 heavy (non-hydrogen) atoms. The molecule has 0 N–H and O–H groups in total. The quantitative estimate of drug-likeness (QED) is 0.637. The van der Waals surface area contributed by atoms with Gasteiger partial charge >= 0.3 is 0 Å². The van der Waals surface area contributed by atoms with Crippen molar-refractivity contribution >= 4 is 29.6 Å². The van der Waals surface area contributed by atoms with E-state index in [2.05, 4.69) is 40.3 Å². The SMILES string of the molecule is CC1=NC(CCCC(=O)N2Cc3ccc(-c4ccc(Cl)c(C)c4)cc3C2)CC=N1. The van der Waals surface area contributed by atoms with Gasteiger partial charge in [-0.3, -0.25) is 9.79 Å². The molecular weight excluding hydrogens is 382 g/mol. The summed E-state index contributed by atoms with van der Waals surface area (Å²) in [6.45, 7) is 5.35. The molecule has 2 aromatic rings. The second-order valence-electron chi connectivity index (χ2n) is 7.97. The van der Waals surface area contributed by atoms with Gasteiger partial charge in [0.2, 0.25) is 5.91 Å². The molecule has 150 valence electrons. The third-order valence-electron chi connectivity index (χ3n) is 5.73. The van der Waals surface area contributed by atoms with Gasteiger partial charge in [0.15, 0.2) is 0 Å². The van der Waals surface area contributed by atoms with Crippen LogP contribution in [-0.4, -0.2) is 28.9 Å². The van der Waals surface area contributed by atoms with Crippen LogP contribution in [-0.2, 0) is 17.9 Å². The first kappa shape index (κ1) is 19.8. The average molecular weight is 408 g/mol. The molecule has 4 nitrogen and oxygen atoms in total. The van der Waals surface area contributed by atoms with Crippen molar-refractivity contribution in [2.75, 3.05) is 0 Å². The van der Waals surface area contributed by atoms with Gasteiger partial charge in [0, 0.05) is 37.2 Å². The maximum Gasteiger partial charge on any atom is 0.223 e. The first-order chi connectivity index (χ1) is 14.0. The zero-order valence-electron chi connectivity index (χ0n) is 17.0. The zero-order chi connectivity index (χ0) is 20.4. The number of fused-ring (bicyclic) bond motifs is 1. The van der Waals surface area contributed by atoms with Crippen LogP contribution in [0, 0.1) is 6.92 Å². The van der Waals surface area contributed by atoms with Crippen molar-refractivity contribution < 1.29 is 4.79 Å². The molecular formula is C24H26ClN3O. The largest absolute Gasteiger partial charge is 0.334 e. The minimum absolute atomic E-state index is 0.232. The molecule has 1 atom stereocenters. The van der Waals surface area contributed by atoms with Gasteiger partial charge < -0.3 is 4.90 Å². The second-order valence-corrected chi connectivity index (χ2v) is 8.37. The minimum atomic E-state index is 0.232. The molecule has 2 aliphatic heterocycles. The highest BCUT2D eigenvalue weighted by Gasteiger charge is 2.23. The third kappa shape index (κ3) is 4.59. The Balaban J connectivity index is 1.35. The Morgan fingerprint density at radius 3 is 2.66 bits per heavy atom. The van der Waals surface area contributed by atoms with E-state index in [9.17, 15) is 4.79 Å². The monoisotopic (exact) mass is 407 g/mol. The third-order valence-corrected chi connectivity index (χ3v) is 6.15.